The molecule has 7 rings (SSSR count). The van der Waals surface area contributed by atoms with Gasteiger partial charge in [-0.25, -0.2) is 14.8 Å². The number of fused-ring (bicyclic) bond motifs is 2. The predicted molar refractivity (Wildman–Crippen MR) is 208 cm³/mol. The van der Waals surface area contributed by atoms with Crippen LogP contribution in [-0.4, -0.2) is 75.3 Å². The van der Waals surface area contributed by atoms with Crippen LogP contribution in [0.25, 0.3) is 21.8 Å². The normalized spacial score (nSPS) is 16.6. The van der Waals surface area contributed by atoms with E-state index in [1.54, 1.807) is 6.07 Å². The van der Waals surface area contributed by atoms with Gasteiger partial charge in [-0.05, 0) is 88.9 Å². The fourth-order valence-electron chi connectivity index (χ4n) is 7.76. The molecule has 5 aromatic rings. The average Bonchev–Trinajstić information content (AvgIpc) is 3.89. The number of methoxy groups -OCH3 is 1. The van der Waals surface area contributed by atoms with Crippen molar-refractivity contribution in [2.45, 2.75) is 91.1 Å². The molecule has 2 saturated heterocycles. The van der Waals surface area contributed by atoms with E-state index in [1.807, 2.05) is 63.4 Å². The second-order valence-corrected chi connectivity index (χ2v) is 14.0. The number of pyridine rings is 2. The van der Waals surface area contributed by atoms with Crippen molar-refractivity contribution >= 4 is 45.3 Å². The summed E-state index contributed by atoms with van der Waals surface area (Å²) < 4.78 is 6.89. The number of nitrogens with zero attached hydrogens (tertiary/aromatic N) is 6. The molecule has 0 saturated carbocycles. The molecule has 4 aromatic heterocycles. The van der Waals surface area contributed by atoms with Gasteiger partial charge in [0, 0.05) is 60.0 Å². The van der Waals surface area contributed by atoms with Gasteiger partial charge >= 0.3 is 5.97 Å². The van der Waals surface area contributed by atoms with Gasteiger partial charge in [0.15, 0.2) is 5.69 Å². The molecule has 11 nitrogen and oxygen atoms in total. The molecular weight excluding hydrogens is 653 g/mol. The average molecular weight is 707 g/mol. The molecule has 0 spiro atoms. The highest BCUT2D eigenvalue weighted by molar-refractivity contribution is 6.06. The van der Waals surface area contributed by atoms with Crippen LogP contribution in [0.3, 0.4) is 0 Å². The Balaban J connectivity index is 0.00000228. The van der Waals surface area contributed by atoms with Crippen molar-refractivity contribution in [3.05, 3.63) is 77.4 Å². The minimum Gasteiger partial charge on any atom is -0.464 e. The Morgan fingerprint density at radius 2 is 1.79 bits per heavy atom. The van der Waals surface area contributed by atoms with E-state index in [4.69, 9.17) is 9.84 Å². The number of benzene rings is 1. The quantitative estimate of drug-likeness (QED) is 0.0982. The fourth-order valence-corrected chi connectivity index (χ4v) is 7.76. The molecule has 2 N–H and O–H groups in total. The molecule has 52 heavy (non-hydrogen) atoms. The van der Waals surface area contributed by atoms with Crippen LogP contribution in [0.15, 0.2) is 54.7 Å². The van der Waals surface area contributed by atoms with Crippen LogP contribution in [0, 0.1) is 12.8 Å². The molecule has 1 amide bonds. The van der Waals surface area contributed by atoms with Gasteiger partial charge in [0.05, 0.1) is 23.8 Å². The zero-order valence-electron chi connectivity index (χ0n) is 31.5. The van der Waals surface area contributed by atoms with Crippen LogP contribution in [-0.2, 0) is 11.3 Å². The lowest BCUT2D eigenvalue weighted by Crippen LogP contribution is -2.34. The van der Waals surface area contributed by atoms with Crippen LogP contribution in [0.5, 0.6) is 0 Å². The maximum atomic E-state index is 13.4. The molecule has 0 bridgehead atoms. The summed E-state index contributed by atoms with van der Waals surface area (Å²) >= 11 is 0. The number of amides is 1. The van der Waals surface area contributed by atoms with Crippen LogP contribution in [0.4, 0.5) is 11.6 Å². The zero-order valence-corrected chi connectivity index (χ0v) is 31.5. The molecule has 0 aliphatic carbocycles. The SMILES string of the molecule is CC.COC(=O)c1cccc(N2CCC(CCCCCCn3nc(C)c4ccc(C(=O)Nc5cc6[nH]c(C7CCCN7C)cc6cn5)cc43)CC2)n1. The number of carbonyl (C=O) groups is 2. The largest absolute Gasteiger partial charge is 0.464 e. The van der Waals surface area contributed by atoms with E-state index in [1.165, 1.54) is 38.5 Å². The monoisotopic (exact) mass is 706 g/mol. The Hall–Kier alpha value is -4.77. The molecule has 1 atom stereocenters. The highest BCUT2D eigenvalue weighted by atomic mass is 16.5. The summed E-state index contributed by atoms with van der Waals surface area (Å²) in [5.41, 5.74) is 5.11. The summed E-state index contributed by atoms with van der Waals surface area (Å²) in [6.45, 7) is 9.90. The van der Waals surface area contributed by atoms with Gasteiger partial charge in [-0.2, -0.15) is 5.10 Å². The number of aromatic amines is 1. The number of rotatable bonds is 12. The maximum Gasteiger partial charge on any atom is 0.356 e. The molecule has 2 aliphatic heterocycles. The van der Waals surface area contributed by atoms with Crippen molar-refractivity contribution in [1.29, 1.82) is 0 Å². The predicted octanol–water partition coefficient (Wildman–Crippen LogP) is 8.31. The van der Waals surface area contributed by atoms with E-state index >= 15 is 0 Å². The number of hydrogen-bond acceptors (Lipinski definition) is 8. The van der Waals surface area contributed by atoms with E-state index in [0.717, 1.165) is 97.5 Å². The van der Waals surface area contributed by atoms with E-state index in [-0.39, 0.29) is 5.91 Å². The second kappa shape index (κ2) is 17.2. The van der Waals surface area contributed by atoms with E-state index in [0.29, 0.717) is 23.1 Å². The van der Waals surface area contributed by atoms with Crippen LogP contribution in [0.1, 0.15) is 110 Å². The summed E-state index contributed by atoms with van der Waals surface area (Å²) in [7, 11) is 3.55. The number of carbonyl (C=O) groups excluding carboxylic acids is 2. The lowest BCUT2D eigenvalue weighted by atomic mass is 9.91. The van der Waals surface area contributed by atoms with Crippen molar-refractivity contribution in [3.63, 3.8) is 0 Å². The molecule has 0 radical (unpaired) electrons. The highest BCUT2D eigenvalue weighted by Gasteiger charge is 2.24. The summed E-state index contributed by atoms with van der Waals surface area (Å²) in [5.74, 6) is 1.55. The van der Waals surface area contributed by atoms with Crippen molar-refractivity contribution in [2.75, 3.05) is 44.0 Å². The molecular formula is C41H54N8O3. The Labute approximate surface area is 307 Å². The number of aryl methyl sites for hydroxylation is 2. The number of H-pyrrole nitrogens is 1. The third-order valence-corrected chi connectivity index (χ3v) is 10.6. The lowest BCUT2D eigenvalue weighted by Gasteiger charge is -2.33. The van der Waals surface area contributed by atoms with E-state index < -0.39 is 5.97 Å². The zero-order chi connectivity index (χ0) is 36.6. The van der Waals surface area contributed by atoms with Gasteiger partial charge in [0.2, 0.25) is 0 Å². The summed E-state index contributed by atoms with van der Waals surface area (Å²) in [6.07, 6.45) is 12.4. The first kappa shape index (κ1) is 37.0. The molecule has 1 unspecified atom stereocenters. The van der Waals surface area contributed by atoms with Crippen molar-refractivity contribution in [3.8, 4) is 0 Å². The van der Waals surface area contributed by atoms with E-state index in [9.17, 15) is 9.59 Å². The molecule has 6 heterocycles. The molecule has 2 fully saturated rings. The van der Waals surface area contributed by atoms with Crippen LogP contribution in [0.2, 0.25) is 0 Å². The number of likely N-dealkylation sites (tertiary alicyclic amines) is 1. The Kier molecular flexibility index (Phi) is 12.2. The smallest absolute Gasteiger partial charge is 0.356 e. The fraction of sp³-hybridized carbons (Fsp3) is 0.488. The van der Waals surface area contributed by atoms with Crippen molar-refractivity contribution in [1.82, 2.24) is 29.6 Å². The summed E-state index contributed by atoms with van der Waals surface area (Å²) in [5, 5.41) is 9.96. The minimum atomic E-state index is -0.397. The number of piperidine rings is 1. The maximum absolute atomic E-state index is 13.4. The number of anilines is 2. The molecule has 276 valence electrons. The van der Waals surface area contributed by atoms with Gasteiger partial charge in [-0.15, -0.1) is 0 Å². The summed E-state index contributed by atoms with van der Waals surface area (Å²) in [4.78, 5) is 42.5. The first-order valence-corrected chi connectivity index (χ1v) is 19.1. The number of ether oxygens (including phenoxy) is 1. The van der Waals surface area contributed by atoms with Gasteiger partial charge in [0.25, 0.3) is 5.91 Å². The summed E-state index contributed by atoms with van der Waals surface area (Å²) in [6, 6.07) is 15.9. The van der Waals surface area contributed by atoms with Crippen LogP contribution < -0.4 is 10.2 Å². The number of aromatic nitrogens is 5. The van der Waals surface area contributed by atoms with Gasteiger partial charge < -0.3 is 19.9 Å². The van der Waals surface area contributed by atoms with Gasteiger partial charge in [-0.3, -0.25) is 14.4 Å². The Bertz CT molecular complexity index is 1980. The lowest BCUT2D eigenvalue weighted by molar-refractivity contribution is 0.0594. The van der Waals surface area contributed by atoms with Crippen molar-refractivity contribution < 1.29 is 14.3 Å². The number of nitrogens with one attached hydrogen (secondary N) is 2. The number of unbranched alkanes of at least 4 members (excludes halogenated alkanes) is 3. The van der Waals surface area contributed by atoms with Crippen LogP contribution >= 0.6 is 0 Å². The topological polar surface area (TPSA) is 121 Å². The Morgan fingerprint density at radius 1 is 0.981 bits per heavy atom. The molecule has 2 aliphatic rings. The first-order chi connectivity index (χ1) is 25.4. The Morgan fingerprint density at radius 3 is 2.56 bits per heavy atom. The molecule has 1 aromatic carbocycles. The standard InChI is InChI=1S/C39H48N8O3.C2H6/c1-26-30-15-14-28(38(48)43-36-24-32-29(25-40-36)22-33(41-32)34-12-9-18-45(34)2)23-35(30)47(44-26)19-7-5-4-6-10-27-16-20-46(21-17-27)37-13-8-11-31(42-37)39(49)50-3;1-2/h8,11,13-15,22-25,27,34,41H,4-7,9-10,12,16-21H2,1-3H3,(H,40,43,48);1-2H3. The second-order valence-electron chi connectivity index (χ2n) is 14.0. The number of esters is 1. The first-order valence-electron chi connectivity index (χ1n) is 19.1. The van der Waals surface area contributed by atoms with Gasteiger partial charge in [-0.1, -0.05) is 51.7 Å². The number of hydrogen-bond donors (Lipinski definition) is 2. The highest BCUT2D eigenvalue weighted by Crippen LogP contribution is 2.32. The van der Waals surface area contributed by atoms with E-state index in [2.05, 4.69) is 47.9 Å². The minimum absolute atomic E-state index is 0.178. The third kappa shape index (κ3) is 8.47. The third-order valence-electron chi connectivity index (χ3n) is 10.6. The van der Waals surface area contributed by atoms with Crippen molar-refractivity contribution in [2.24, 2.45) is 5.92 Å². The van der Waals surface area contributed by atoms with Gasteiger partial charge in [0.1, 0.15) is 11.6 Å². The molecule has 11 heteroatoms.